The molecule has 0 amide bonds. The molecule has 1 aromatic carbocycles. The van der Waals surface area contributed by atoms with Crippen molar-refractivity contribution >= 4 is 15.9 Å². The molecule has 2 rings (SSSR count). The van der Waals surface area contributed by atoms with Gasteiger partial charge in [0.05, 0.1) is 5.41 Å². The Morgan fingerprint density at radius 3 is 2.47 bits per heavy atom. The molecule has 0 radical (unpaired) electrons. The van der Waals surface area contributed by atoms with Crippen molar-refractivity contribution in [2.75, 3.05) is 6.54 Å². The fraction of sp³-hybridized carbons (Fsp3) is 0.400. The molecule has 15 heavy (non-hydrogen) atoms. The monoisotopic (exact) mass is 279 g/mol. The van der Waals surface area contributed by atoms with Gasteiger partial charge in [0.25, 0.3) is 5.92 Å². The van der Waals surface area contributed by atoms with Crippen molar-refractivity contribution in [3.63, 3.8) is 0 Å². The van der Waals surface area contributed by atoms with Crippen LogP contribution in [0.4, 0.5) is 13.2 Å². The number of benzene rings is 1. The number of hydrogen-bond acceptors (Lipinski definition) is 1. The fourth-order valence-corrected chi connectivity index (χ4v) is 2.45. The first-order valence-electron chi connectivity index (χ1n) is 4.46. The van der Waals surface area contributed by atoms with Crippen molar-refractivity contribution < 1.29 is 13.2 Å². The summed E-state index contributed by atoms with van der Waals surface area (Å²) >= 11 is 3.14. The maximum absolute atomic E-state index is 13.2. The predicted octanol–water partition coefficient (Wildman–Crippen LogP) is 2.82. The maximum atomic E-state index is 13.2. The molecular weight excluding hydrogens is 271 g/mol. The van der Waals surface area contributed by atoms with Gasteiger partial charge in [0, 0.05) is 17.4 Å². The lowest BCUT2D eigenvalue weighted by Gasteiger charge is -2.16. The van der Waals surface area contributed by atoms with E-state index in [0.29, 0.717) is 4.47 Å². The summed E-state index contributed by atoms with van der Waals surface area (Å²) in [5, 5.41) is 0. The van der Waals surface area contributed by atoms with Gasteiger partial charge >= 0.3 is 0 Å². The molecule has 1 unspecified atom stereocenters. The Kier molecular flexibility index (Phi) is 2.35. The third-order valence-corrected chi connectivity index (χ3v) is 3.58. The van der Waals surface area contributed by atoms with E-state index in [1.165, 1.54) is 12.1 Å². The third kappa shape index (κ3) is 1.49. The minimum atomic E-state index is -2.82. The van der Waals surface area contributed by atoms with Crippen molar-refractivity contribution in [3.8, 4) is 0 Å². The van der Waals surface area contributed by atoms with Gasteiger partial charge in [-0.25, -0.2) is 13.2 Å². The first-order chi connectivity index (χ1) is 6.93. The molecule has 0 aromatic heterocycles. The normalized spacial score (nSPS) is 27.8. The van der Waals surface area contributed by atoms with E-state index in [0.717, 1.165) is 6.07 Å². The summed E-state index contributed by atoms with van der Waals surface area (Å²) in [5.74, 6) is -3.35. The molecule has 1 fully saturated rings. The lowest BCUT2D eigenvalue weighted by atomic mass is 9.95. The van der Waals surface area contributed by atoms with Crippen LogP contribution >= 0.6 is 15.9 Å². The second kappa shape index (κ2) is 3.22. The van der Waals surface area contributed by atoms with E-state index < -0.39 is 17.2 Å². The molecule has 0 spiro atoms. The highest BCUT2D eigenvalue weighted by atomic mass is 79.9. The number of alkyl halides is 2. The van der Waals surface area contributed by atoms with Crippen LogP contribution in [0, 0.1) is 5.82 Å². The first kappa shape index (κ1) is 11.0. The molecular formula is C10H9BrF3N. The Labute approximate surface area is 93.6 Å². The van der Waals surface area contributed by atoms with E-state index in [4.69, 9.17) is 5.73 Å². The molecule has 0 aliphatic heterocycles. The second-order valence-corrected chi connectivity index (χ2v) is 4.65. The largest absolute Gasteiger partial charge is 0.329 e. The average molecular weight is 280 g/mol. The fourth-order valence-electron chi connectivity index (χ4n) is 1.82. The van der Waals surface area contributed by atoms with Crippen LogP contribution in [0.25, 0.3) is 0 Å². The standard InChI is InChI=1S/C10H9BrF3N/c11-8-2-1-6(12)3-7(8)9(5-15)4-10(9,13)14/h1-3H,4-5,15H2. The van der Waals surface area contributed by atoms with Gasteiger partial charge < -0.3 is 5.73 Å². The lowest BCUT2D eigenvalue weighted by Crippen LogP contribution is -2.27. The van der Waals surface area contributed by atoms with Gasteiger partial charge in [-0.1, -0.05) is 15.9 Å². The molecule has 0 saturated heterocycles. The van der Waals surface area contributed by atoms with Crippen LogP contribution in [-0.2, 0) is 5.41 Å². The molecule has 1 aromatic rings. The summed E-state index contributed by atoms with van der Waals surface area (Å²) in [5.41, 5.74) is 4.25. The van der Waals surface area contributed by atoms with Crippen LogP contribution < -0.4 is 5.73 Å². The van der Waals surface area contributed by atoms with E-state index in [1.807, 2.05) is 0 Å². The molecule has 1 aliphatic rings. The van der Waals surface area contributed by atoms with Crippen LogP contribution in [0.2, 0.25) is 0 Å². The SMILES string of the molecule is NCC1(c2cc(F)ccc2Br)CC1(F)F. The highest BCUT2D eigenvalue weighted by Crippen LogP contribution is 2.62. The second-order valence-electron chi connectivity index (χ2n) is 3.79. The maximum Gasteiger partial charge on any atom is 0.260 e. The molecule has 1 nitrogen and oxygen atoms in total. The highest BCUT2D eigenvalue weighted by molar-refractivity contribution is 9.10. The van der Waals surface area contributed by atoms with Crippen LogP contribution in [0.5, 0.6) is 0 Å². The van der Waals surface area contributed by atoms with Gasteiger partial charge in [-0.3, -0.25) is 0 Å². The third-order valence-electron chi connectivity index (χ3n) is 2.89. The summed E-state index contributed by atoms with van der Waals surface area (Å²) in [4.78, 5) is 0. The van der Waals surface area contributed by atoms with Crippen molar-refractivity contribution in [1.29, 1.82) is 0 Å². The summed E-state index contributed by atoms with van der Waals surface area (Å²) < 4.78 is 39.9. The molecule has 1 saturated carbocycles. The van der Waals surface area contributed by atoms with E-state index in [-0.39, 0.29) is 18.5 Å². The lowest BCUT2D eigenvalue weighted by molar-refractivity contribution is 0.0894. The van der Waals surface area contributed by atoms with Crippen molar-refractivity contribution in [2.24, 2.45) is 5.73 Å². The number of rotatable bonds is 2. The summed E-state index contributed by atoms with van der Waals surface area (Å²) in [7, 11) is 0. The predicted molar refractivity (Wildman–Crippen MR) is 54.4 cm³/mol. The molecule has 1 aliphatic carbocycles. The zero-order valence-corrected chi connectivity index (χ0v) is 9.32. The first-order valence-corrected chi connectivity index (χ1v) is 5.26. The Hall–Kier alpha value is -0.550. The van der Waals surface area contributed by atoms with E-state index in [9.17, 15) is 13.2 Å². The Balaban J connectivity index is 2.50. The summed E-state index contributed by atoms with van der Waals surface area (Å²) in [6.45, 7) is -0.179. The quantitative estimate of drug-likeness (QED) is 0.885. The Morgan fingerprint density at radius 2 is 2.00 bits per heavy atom. The van der Waals surface area contributed by atoms with Gasteiger partial charge in [0.1, 0.15) is 5.82 Å². The van der Waals surface area contributed by atoms with E-state index in [1.54, 1.807) is 0 Å². The molecule has 0 heterocycles. The molecule has 5 heteroatoms. The van der Waals surface area contributed by atoms with E-state index >= 15 is 0 Å². The number of nitrogens with two attached hydrogens (primary N) is 1. The van der Waals surface area contributed by atoms with E-state index in [2.05, 4.69) is 15.9 Å². The Morgan fingerprint density at radius 1 is 1.40 bits per heavy atom. The minimum absolute atomic E-state index is 0.179. The van der Waals surface area contributed by atoms with Gasteiger partial charge in [-0.05, 0) is 23.8 Å². The molecule has 2 N–H and O–H groups in total. The van der Waals surface area contributed by atoms with Crippen molar-refractivity contribution in [3.05, 3.63) is 34.1 Å². The van der Waals surface area contributed by atoms with Crippen LogP contribution in [0.3, 0.4) is 0 Å². The number of halogens is 4. The van der Waals surface area contributed by atoms with Gasteiger partial charge in [0.2, 0.25) is 0 Å². The van der Waals surface area contributed by atoms with Crippen LogP contribution in [0.15, 0.2) is 22.7 Å². The summed E-state index contributed by atoms with van der Waals surface area (Å²) in [6, 6.07) is 3.77. The minimum Gasteiger partial charge on any atom is -0.329 e. The average Bonchev–Trinajstić information content (AvgIpc) is 2.74. The van der Waals surface area contributed by atoms with Crippen LogP contribution in [-0.4, -0.2) is 12.5 Å². The van der Waals surface area contributed by atoms with Crippen LogP contribution in [0.1, 0.15) is 12.0 Å². The van der Waals surface area contributed by atoms with Crippen molar-refractivity contribution in [2.45, 2.75) is 17.8 Å². The van der Waals surface area contributed by atoms with Gasteiger partial charge in [-0.2, -0.15) is 0 Å². The smallest absolute Gasteiger partial charge is 0.260 e. The topological polar surface area (TPSA) is 26.0 Å². The molecule has 0 bridgehead atoms. The summed E-state index contributed by atoms with van der Waals surface area (Å²) in [6.07, 6.45) is -0.307. The number of hydrogen-bond donors (Lipinski definition) is 1. The zero-order chi connectivity index (χ0) is 11.3. The Bertz CT molecular complexity index is 408. The van der Waals surface area contributed by atoms with Gasteiger partial charge in [0.15, 0.2) is 0 Å². The highest BCUT2D eigenvalue weighted by Gasteiger charge is 2.71. The zero-order valence-electron chi connectivity index (χ0n) is 7.74. The van der Waals surface area contributed by atoms with Gasteiger partial charge in [-0.15, -0.1) is 0 Å². The molecule has 1 atom stereocenters. The van der Waals surface area contributed by atoms with Crippen molar-refractivity contribution in [1.82, 2.24) is 0 Å². The molecule has 82 valence electrons.